The predicted molar refractivity (Wildman–Crippen MR) is 104 cm³/mol. The Labute approximate surface area is 159 Å². The largest absolute Gasteiger partial charge is 0.490 e. The Kier molecular flexibility index (Phi) is 5.56. The van der Waals surface area contributed by atoms with Gasteiger partial charge < -0.3 is 9.26 Å². The van der Waals surface area contributed by atoms with Gasteiger partial charge >= 0.3 is 0 Å². The van der Waals surface area contributed by atoms with Crippen LogP contribution in [0.25, 0.3) is 22.8 Å². The SMILES string of the molecule is CCCc1c(C)cccc1-c1noc(-c2ccc(OC(C)C)c(C#N)c2)n1. The second-order valence-corrected chi connectivity index (χ2v) is 6.76. The number of benzene rings is 2. The molecule has 5 heteroatoms. The van der Waals surface area contributed by atoms with Crippen molar-refractivity contribution >= 4 is 0 Å². The molecule has 1 aromatic heterocycles. The monoisotopic (exact) mass is 361 g/mol. The molecule has 0 saturated carbocycles. The molecule has 5 nitrogen and oxygen atoms in total. The standard InChI is InChI=1S/C22H23N3O2/c1-5-7-18-15(4)8-6-9-19(18)21-24-22(27-25-21)16-10-11-20(26-14(2)3)17(12-16)13-23/h6,8-12,14H,5,7H2,1-4H3. The summed E-state index contributed by atoms with van der Waals surface area (Å²) in [6.07, 6.45) is 2.01. The fraction of sp³-hybridized carbons (Fsp3) is 0.318. The Morgan fingerprint density at radius 1 is 1.22 bits per heavy atom. The summed E-state index contributed by atoms with van der Waals surface area (Å²) in [5.41, 5.74) is 4.61. The first-order valence-electron chi connectivity index (χ1n) is 9.17. The lowest BCUT2D eigenvalue weighted by molar-refractivity contribution is 0.242. The third-order valence-electron chi connectivity index (χ3n) is 4.29. The lowest BCUT2D eigenvalue weighted by atomic mass is 9.97. The van der Waals surface area contributed by atoms with E-state index in [0.717, 1.165) is 18.4 Å². The average molecular weight is 361 g/mol. The van der Waals surface area contributed by atoms with Gasteiger partial charge in [0.05, 0.1) is 11.7 Å². The summed E-state index contributed by atoms with van der Waals surface area (Å²) in [6, 6.07) is 13.6. The molecule has 3 rings (SSSR count). The van der Waals surface area contributed by atoms with Crippen LogP contribution >= 0.6 is 0 Å². The number of aromatic nitrogens is 2. The van der Waals surface area contributed by atoms with Crippen LogP contribution in [0.4, 0.5) is 0 Å². The minimum absolute atomic E-state index is 0.00346. The molecule has 0 fully saturated rings. The van der Waals surface area contributed by atoms with Gasteiger partial charge in [0.25, 0.3) is 5.89 Å². The second-order valence-electron chi connectivity index (χ2n) is 6.76. The van der Waals surface area contributed by atoms with Crippen LogP contribution < -0.4 is 4.74 Å². The van der Waals surface area contributed by atoms with Crippen molar-refractivity contribution in [2.24, 2.45) is 0 Å². The van der Waals surface area contributed by atoms with Crippen molar-refractivity contribution in [2.45, 2.75) is 46.6 Å². The number of hydrogen-bond acceptors (Lipinski definition) is 5. The van der Waals surface area contributed by atoms with Crippen LogP contribution in [-0.2, 0) is 6.42 Å². The smallest absolute Gasteiger partial charge is 0.258 e. The van der Waals surface area contributed by atoms with Gasteiger partial charge in [0.15, 0.2) is 0 Å². The molecule has 0 atom stereocenters. The Morgan fingerprint density at radius 2 is 2.04 bits per heavy atom. The maximum absolute atomic E-state index is 9.42. The van der Waals surface area contributed by atoms with Gasteiger partial charge in [-0.25, -0.2) is 0 Å². The van der Waals surface area contributed by atoms with E-state index in [0.29, 0.717) is 28.6 Å². The Bertz CT molecular complexity index is 983. The van der Waals surface area contributed by atoms with Crippen molar-refractivity contribution in [1.82, 2.24) is 10.1 Å². The van der Waals surface area contributed by atoms with Gasteiger partial charge in [-0.2, -0.15) is 10.2 Å². The number of nitrogens with zero attached hydrogens (tertiary/aromatic N) is 3. The number of hydrogen-bond donors (Lipinski definition) is 0. The van der Waals surface area contributed by atoms with Crippen molar-refractivity contribution < 1.29 is 9.26 Å². The lowest BCUT2D eigenvalue weighted by Crippen LogP contribution is -2.06. The molecular weight excluding hydrogens is 338 g/mol. The van der Waals surface area contributed by atoms with Crippen molar-refractivity contribution in [2.75, 3.05) is 0 Å². The van der Waals surface area contributed by atoms with E-state index in [4.69, 9.17) is 9.26 Å². The first-order valence-corrected chi connectivity index (χ1v) is 9.17. The molecule has 0 N–H and O–H groups in total. The molecule has 0 saturated heterocycles. The van der Waals surface area contributed by atoms with Gasteiger partial charge in [0.1, 0.15) is 11.8 Å². The molecule has 138 valence electrons. The van der Waals surface area contributed by atoms with Crippen LogP contribution in [0, 0.1) is 18.3 Å². The Balaban J connectivity index is 1.98. The van der Waals surface area contributed by atoms with Crippen molar-refractivity contribution in [3.8, 4) is 34.7 Å². The lowest BCUT2D eigenvalue weighted by Gasteiger charge is -2.11. The summed E-state index contributed by atoms with van der Waals surface area (Å²) < 4.78 is 11.2. The summed E-state index contributed by atoms with van der Waals surface area (Å²) in [5, 5.41) is 13.6. The van der Waals surface area contributed by atoms with Crippen LogP contribution in [0.5, 0.6) is 5.75 Å². The number of rotatable bonds is 6. The third kappa shape index (κ3) is 4.01. The Hall–Kier alpha value is -3.13. The van der Waals surface area contributed by atoms with Gasteiger partial charge in [-0.15, -0.1) is 0 Å². The summed E-state index contributed by atoms with van der Waals surface area (Å²) in [7, 11) is 0. The normalized spacial score (nSPS) is 10.8. The molecule has 0 aliphatic carbocycles. The van der Waals surface area contributed by atoms with Gasteiger partial charge in [-0.3, -0.25) is 0 Å². The summed E-state index contributed by atoms with van der Waals surface area (Å²) in [4.78, 5) is 4.57. The molecule has 0 aliphatic heterocycles. The molecule has 0 aliphatic rings. The first-order chi connectivity index (χ1) is 13.0. The molecule has 0 amide bonds. The highest BCUT2D eigenvalue weighted by Crippen LogP contribution is 2.30. The maximum atomic E-state index is 9.42. The van der Waals surface area contributed by atoms with E-state index in [1.54, 1.807) is 12.1 Å². The van der Waals surface area contributed by atoms with Gasteiger partial charge in [-0.1, -0.05) is 36.7 Å². The molecule has 0 bridgehead atoms. The Morgan fingerprint density at radius 3 is 2.74 bits per heavy atom. The highest BCUT2D eigenvalue weighted by atomic mass is 16.5. The minimum atomic E-state index is -0.00346. The first kappa shape index (κ1) is 18.7. The molecule has 0 spiro atoms. The van der Waals surface area contributed by atoms with E-state index in [1.807, 2.05) is 32.0 Å². The highest BCUT2D eigenvalue weighted by molar-refractivity contribution is 5.66. The van der Waals surface area contributed by atoms with E-state index in [2.05, 4.69) is 36.1 Å². The molecule has 2 aromatic carbocycles. The number of ether oxygens (including phenoxy) is 1. The van der Waals surface area contributed by atoms with Gasteiger partial charge in [0, 0.05) is 11.1 Å². The fourth-order valence-electron chi connectivity index (χ4n) is 3.05. The molecule has 3 aromatic rings. The van der Waals surface area contributed by atoms with Crippen LogP contribution in [0.3, 0.4) is 0 Å². The van der Waals surface area contributed by atoms with Crippen molar-refractivity contribution in [1.29, 1.82) is 5.26 Å². The molecule has 27 heavy (non-hydrogen) atoms. The third-order valence-corrected chi connectivity index (χ3v) is 4.29. The topological polar surface area (TPSA) is 71.9 Å². The zero-order chi connectivity index (χ0) is 19.4. The number of nitriles is 1. The van der Waals surface area contributed by atoms with E-state index in [-0.39, 0.29) is 6.10 Å². The van der Waals surface area contributed by atoms with Crippen LogP contribution in [-0.4, -0.2) is 16.2 Å². The zero-order valence-electron chi connectivity index (χ0n) is 16.1. The summed E-state index contributed by atoms with van der Waals surface area (Å²) in [5.74, 6) is 1.51. The second kappa shape index (κ2) is 8.05. The van der Waals surface area contributed by atoms with E-state index in [1.165, 1.54) is 11.1 Å². The van der Waals surface area contributed by atoms with Crippen LogP contribution in [0.1, 0.15) is 43.9 Å². The predicted octanol–water partition coefficient (Wildman–Crippen LogP) is 5.32. The molecule has 0 radical (unpaired) electrons. The maximum Gasteiger partial charge on any atom is 0.258 e. The highest BCUT2D eigenvalue weighted by Gasteiger charge is 2.16. The van der Waals surface area contributed by atoms with E-state index < -0.39 is 0 Å². The van der Waals surface area contributed by atoms with Crippen LogP contribution in [0.15, 0.2) is 40.9 Å². The zero-order valence-corrected chi connectivity index (χ0v) is 16.1. The van der Waals surface area contributed by atoms with Gasteiger partial charge in [-0.05, 0) is 56.5 Å². The molecule has 1 heterocycles. The van der Waals surface area contributed by atoms with Crippen molar-refractivity contribution in [3.05, 3.63) is 53.1 Å². The number of aryl methyl sites for hydroxylation is 1. The fourth-order valence-corrected chi connectivity index (χ4v) is 3.05. The summed E-state index contributed by atoms with van der Waals surface area (Å²) >= 11 is 0. The average Bonchev–Trinajstić information content (AvgIpc) is 3.13. The molecule has 0 unspecified atom stereocenters. The minimum Gasteiger partial charge on any atom is -0.490 e. The van der Waals surface area contributed by atoms with Gasteiger partial charge in [0.2, 0.25) is 5.82 Å². The molecular formula is C22H23N3O2. The quantitative estimate of drug-likeness (QED) is 0.594. The van der Waals surface area contributed by atoms with Crippen LogP contribution in [0.2, 0.25) is 0 Å². The van der Waals surface area contributed by atoms with E-state index in [9.17, 15) is 5.26 Å². The summed E-state index contributed by atoms with van der Waals surface area (Å²) in [6.45, 7) is 8.11. The van der Waals surface area contributed by atoms with E-state index >= 15 is 0 Å². The van der Waals surface area contributed by atoms with Crippen molar-refractivity contribution in [3.63, 3.8) is 0 Å².